The summed E-state index contributed by atoms with van der Waals surface area (Å²) in [7, 11) is -2.40. The molecule has 7 nitrogen and oxygen atoms in total. The zero-order valence-electron chi connectivity index (χ0n) is 12.7. The van der Waals surface area contributed by atoms with Gasteiger partial charge >= 0.3 is 5.97 Å². The van der Waals surface area contributed by atoms with Crippen molar-refractivity contribution in [1.82, 2.24) is 4.72 Å². The number of carboxylic acid groups (broad SMARTS) is 1. The van der Waals surface area contributed by atoms with Crippen molar-refractivity contribution in [3.8, 4) is 5.75 Å². The Bertz CT molecular complexity index is 717. The van der Waals surface area contributed by atoms with Gasteiger partial charge in [0.1, 0.15) is 10.6 Å². The number of methoxy groups -OCH3 is 1. The van der Waals surface area contributed by atoms with Crippen LogP contribution < -0.4 is 9.46 Å². The zero-order chi connectivity index (χ0) is 16.6. The molecule has 23 heavy (non-hydrogen) atoms. The van der Waals surface area contributed by atoms with Crippen LogP contribution >= 0.6 is 0 Å². The van der Waals surface area contributed by atoms with E-state index in [1.54, 1.807) is 6.07 Å². The fraction of sp³-hybridized carbons (Fsp3) is 0.533. The molecule has 1 aliphatic carbocycles. The van der Waals surface area contributed by atoms with E-state index in [4.69, 9.17) is 14.6 Å². The van der Waals surface area contributed by atoms with E-state index in [0.717, 1.165) is 6.42 Å². The van der Waals surface area contributed by atoms with Crippen molar-refractivity contribution in [3.05, 3.63) is 23.8 Å². The number of ether oxygens (including phenoxy) is 2. The molecule has 1 saturated heterocycles. The molecule has 2 aliphatic rings. The van der Waals surface area contributed by atoms with Crippen molar-refractivity contribution in [1.29, 1.82) is 0 Å². The lowest BCUT2D eigenvalue weighted by molar-refractivity contribution is -0.136. The quantitative estimate of drug-likeness (QED) is 0.793. The molecule has 1 aliphatic heterocycles. The van der Waals surface area contributed by atoms with E-state index >= 15 is 0 Å². The fourth-order valence-corrected chi connectivity index (χ4v) is 4.73. The third-order valence-electron chi connectivity index (χ3n) is 4.44. The third kappa shape index (κ3) is 3.19. The molecule has 0 spiro atoms. The van der Waals surface area contributed by atoms with Gasteiger partial charge in [-0.15, -0.1) is 0 Å². The molecule has 0 radical (unpaired) electrons. The summed E-state index contributed by atoms with van der Waals surface area (Å²) in [5.74, 6) is -0.598. The van der Waals surface area contributed by atoms with Gasteiger partial charge in [-0.1, -0.05) is 6.07 Å². The molecule has 0 bridgehead atoms. The SMILES string of the molecule is COc1ccc(CC(=O)O)cc1S(=O)(=O)N[C@@H]1C[C@H]2OCC[C@@H]12. The summed E-state index contributed by atoms with van der Waals surface area (Å²) in [5.41, 5.74) is 0.411. The Morgan fingerprint density at radius 2 is 2.26 bits per heavy atom. The number of aliphatic carboxylic acids is 1. The Morgan fingerprint density at radius 1 is 1.48 bits per heavy atom. The van der Waals surface area contributed by atoms with Gasteiger partial charge in [0.25, 0.3) is 0 Å². The molecule has 1 aromatic rings. The molecule has 1 heterocycles. The number of carbonyl (C=O) groups is 1. The lowest BCUT2D eigenvalue weighted by Crippen LogP contribution is -2.53. The van der Waals surface area contributed by atoms with Crippen molar-refractivity contribution in [2.75, 3.05) is 13.7 Å². The van der Waals surface area contributed by atoms with E-state index in [9.17, 15) is 13.2 Å². The molecule has 8 heteroatoms. The van der Waals surface area contributed by atoms with Gasteiger partial charge in [0, 0.05) is 18.6 Å². The molecule has 1 aromatic carbocycles. The second-order valence-electron chi connectivity index (χ2n) is 5.88. The van der Waals surface area contributed by atoms with E-state index in [2.05, 4.69) is 4.72 Å². The number of sulfonamides is 1. The van der Waals surface area contributed by atoms with Crippen LogP contribution in [0.2, 0.25) is 0 Å². The maximum atomic E-state index is 12.7. The Morgan fingerprint density at radius 3 is 2.91 bits per heavy atom. The van der Waals surface area contributed by atoms with Gasteiger partial charge in [-0.05, 0) is 30.5 Å². The summed E-state index contributed by atoms with van der Waals surface area (Å²) >= 11 is 0. The fourth-order valence-electron chi connectivity index (χ4n) is 3.21. The number of rotatable bonds is 6. The second-order valence-corrected chi connectivity index (χ2v) is 7.56. The van der Waals surface area contributed by atoms with Crippen molar-refractivity contribution < 1.29 is 27.8 Å². The summed E-state index contributed by atoms with van der Waals surface area (Å²) in [6, 6.07) is 4.25. The van der Waals surface area contributed by atoms with E-state index in [0.29, 0.717) is 18.6 Å². The van der Waals surface area contributed by atoms with Gasteiger partial charge in [0.2, 0.25) is 10.0 Å². The minimum Gasteiger partial charge on any atom is -0.495 e. The van der Waals surface area contributed by atoms with Crippen LogP contribution in [0.15, 0.2) is 23.1 Å². The Labute approximate surface area is 134 Å². The number of carboxylic acids is 1. The smallest absolute Gasteiger partial charge is 0.307 e. The highest BCUT2D eigenvalue weighted by Crippen LogP contribution is 2.39. The van der Waals surface area contributed by atoms with Crippen molar-refractivity contribution in [2.24, 2.45) is 5.92 Å². The van der Waals surface area contributed by atoms with Crippen LogP contribution in [0.25, 0.3) is 0 Å². The van der Waals surface area contributed by atoms with Crippen LogP contribution in [-0.2, 0) is 26.0 Å². The van der Waals surface area contributed by atoms with Crippen molar-refractivity contribution in [2.45, 2.75) is 36.3 Å². The number of hydrogen-bond donors (Lipinski definition) is 2. The highest BCUT2D eigenvalue weighted by atomic mass is 32.2. The minimum absolute atomic E-state index is 0.0267. The van der Waals surface area contributed by atoms with Crippen LogP contribution in [-0.4, -0.2) is 45.4 Å². The maximum Gasteiger partial charge on any atom is 0.307 e. The summed E-state index contributed by atoms with van der Waals surface area (Å²) in [6.07, 6.45) is 1.44. The Kier molecular flexibility index (Phi) is 4.31. The molecule has 2 N–H and O–H groups in total. The lowest BCUT2D eigenvalue weighted by atomic mass is 9.77. The van der Waals surface area contributed by atoms with Crippen LogP contribution in [0.1, 0.15) is 18.4 Å². The predicted molar refractivity (Wildman–Crippen MR) is 80.9 cm³/mol. The Hall–Kier alpha value is -1.64. The molecule has 3 rings (SSSR count). The summed E-state index contributed by atoms with van der Waals surface area (Å²) in [6.45, 7) is 0.672. The van der Waals surface area contributed by atoms with E-state index in [1.165, 1.54) is 19.2 Å². The van der Waals surface area contributed by atoms with Crippen molar-refractivity contribution >= 4 is 16.0 Å². The summed E-state index contributed by atoms with van der Waals surface area (Å²) in [5, 5.41) is 8.87. The Balaban J connectivity index is 1.84. The van der Waals surface area contributed by atoms with Crippen LogP contribution in [0.3, 0.4) is 0 Å². The molecular weight excluding hydrogens is 322 g/mol. The van der Waals surface area contributed by atoms with Gasteiger partial charge in [-0.2, -0.15) is 0 Å². The zero-order valence-corrected chi connectivity index (χ0v) is 13.5. The number of benzene rings is 1. The molecule has 0 aromatic heterocycles. The highest BCUT2D eigenvalue weighted by molar-refractivity contribution is 7.89. The highest BCUT2D eigenvalue weighted by Gasteiger charge is 2.47. The molecular formula is C15H19NO6S. The van der Waals surface area contributed by atoms with Crippen LogP contribution in [0.4, 0.5) is 0 Å². The summed E-state index contributed by atoms with van der Waals surface area (Å²) in [4.78, 5) is 10.8. The third-order valence-corrected chi connectivity index (χ3v) is 5.95. The topological polar surface area (TPSA) is 102 Å². The van der Waals surface area contributed by atoms with E-state index in [1.807, 2.05) is 0 Å². The molecule has 2 fully saturated rings. The largest absolute Gasteiger partial charge is 0.495 e. The first-order valence-electron chi connectivity index (χ1n) is 7.43. The first-order chi connectivity index (χ1) is 10.9. The summed E-state index contributed by atoms with van der Waals surface area (Å²) < 4.78 is 38.6. The average molecular weight is 341 g/mol. The number of hydrogen-bond acceptors (Lipinski definition) is 5. The molecule has 3 atom stereocenters. The maximum absolute atomic E-state index is 12.7. The number of nitrogens with one attached hydrogen (secondary N) is 1. The normalized spacial score (nSPS) is 26.4. The monoisotopic (exact) mass is 341 g/mol. The van der Waals surface area contributed by atoms with Crippen molar-refractivity contribution in [3.63, 3.8) is 0 Å². The van der Waals surface area contributed by atoms with Crippen LogP contribution in [0, 0.1) is 5.92 Å². The van der Waals surface area contributed by atoms with E-state index in [-0.39, 0.29) is 35.1 Å². The van der Waals surface area contributed by atoms with Gasteiger partial charge in [-0.25, -0.2) is 13.1 Å². The first kappa shape index (κ1) is 16.2. The molecule has 1 saturated carbocycles. The van der Waals surface area contributed by atoms with Gasteiger partial charge in [0.15, 0.2) is 0 Å². The first-order valence-corrected chi connectivity index (χ1v) is 8.91. The molecule has 126 valence electrons. The molecule has 0 unspecified atom stereocenters. The minimum atomic E-state index is -3.78. The predicted octanol–water partition coefficient (Wildman–Crippen LogP) is 0.778. The van der Waals surface area contributed by atoms with Gasteiger partial charge in [-0.3, -0.25) is 4.79 Å². The standard InChI is InChI=1S/C15H19NO6S/c1-21-12-3-2-9(7-15(17)18)6-14(12)23(19,20)16-11-8-13-10(11)4-5-22-13/h2-3,6,10-11,13,16H,4-5,7-8H2,1H3,(H,17,18)/t10-,11+,13+/m0/s1. The second kappa shape index (κ2) is 6.10. The average Bonchev–Trinajstić information content (AvgIpc) is 2.85. The van der Waals surface area contributed by atoms with Gasteiger partial charge < -0.3 is 14.6 Å². The lowest BCUT2D eigenvalue weighted by Gasteiger charge is -2.39. The van der Waals surface area contributed by atoms with E-state index < -0.39 is 16.0 Å². The number of fused-ring (bicyclic) bond motifs is 1. The van der Waals surface area contributed by atoms with Crippen LogP contribution in [0.5, 0.6) is 5.75 Å². The van der Waals surface area contributed by atoms with Gasteiger partial charge in [0.05, 0.1) is 19.6 Å². The molecule has 0 amide bonds.